The van der Waals surface area contributed by atoms with Gasteiger partial charge in [-0.2, -0.15) is 0 Å². The Bertz CT molecular complexity index is 1720. The van der Waals surface area contributed by atoms with E-state index in [4.69, 9.17) is 20.4 Å². The van der Waals surface area contributed by atoms with Crippen LogP contribution in [0.4, 0.5) is 0 Å². The fourth-order valence-electron chi connectivity index (χ4n) is 4.97. The average molecular weight is 813 g/mol. The number of hydrogen-bond acceptors (Lipinski definition) is 8. The molecule has 0 aromatic carbocycles. The Morgan fingerprint density at radius 2 is 0.579 bits per heavy atom. The van der Waals surface area contributed by atoms with Gasteiger partial charge < -0.3 is 40.4 Å². The number of nitrogens with one attached hydrogen (secondary N) is 4. The molecule has 0 radical (unpaired) electrons. The number of aromatic amines is 4. The first-order valence-corrected chi connectivity index (χ1v) is 20.1. The Morgan fingerprint density at radius 3 is 0.667 bits per heavy atom. The van der Waals surface area contributed by atoms with Crippen molar-refractivity contribution in [3.63, 3.8) is 0 Å². The number of aromatic nitrogens is 4. The van der Waals surface area contributed by atoms with Crippen molar-refractivity contribution in [1.82, 2.24) is 19.9 Å². The van der Waals surface area contributed by atoms with E-state index in [1.165, 1.54) is 24.3 Å². The van der Waals surface area contributed by atoms with Crippen LogP contribution in [-0.2, 0) is 19.2 Å². The summed E-state index contributed by atoms with van der Waals surface area (Å²) in [6.45, 7) is 15.1. The highest BCUT2D eigenvalue weighted by Gasteiger charge is 2.42. The van der Waals surface area contributed by atoms with E-state index < -0.39 is 32.0 Å². The molecular weight excluding hydrogens is 757 g/mol. The van der Waals surface area contributed by atoms with Crippen molar-refractivity contribution in [3.05, 3.63) is 115 Å². The number of carboxylic acid groups (broad SMARTS) is 4. The van der Waals surface area contributed by atoms with E-state index in [9.17, 15) is 38.4 Å². The van der Waals surface area contributed by atoms with Crippen LogP contribution in [0.25, 0.3) is 0 Å². The molecule has 4 aromatic rings. The highest BCUT2D eigenvalue weighted by molar-refractivity contribution is 7.19. The molecule has 0 atom stereocenters. The van der Waals surface area contributed by atoms with Gasteiger partial charge in [0.2, 0.25) is 22.2 Å². The fraction of sp³-hybridized carbons (Fsp3) is 0.400. The molecule has 4 heterocycles. The Morgan fingerprint density at radius 1 is 0.404 bits per heavy atom. The lowest BCUT2D eigenvalue weighted by molar-refractivity contribution is -0.138. The van der Waals surface area contributed by atoms with Crippen molar-refractivity contribution in [2.45, 2.75) is 81.1 Å². The summed E-state index contributed by atoms with van der Waals surface area (Å²) in [5.41, 5.74) is -0.996. The van der Waals surface area contributed by atoms with Gasteiger partial charge in [-0.15, -0.1) is 0 Å². The average Bonchev–Trinajstić information content (AvgIpc) is 3.07. The van der Waals surface area contributed by atoms with Crippen molar-refractivity contribution in [2.24, 2.45) is 23.7 Å². The molecule has 17 heteroatoms. The molecule has 4 rings (SSSR count). The highest BCUT2D eigenvalue weighted by atomic mass is 28.3. The lowest BCUT2D eigenvalue weighted by atomic mass is 10.1. The van der Waals surface area contributed by atoms with Crippen molar-refractivity contribution < 1.29 is 39.6 Å². The van der Waals surface area contributed by atoms with Gasteiger partial charge in [-0.1, -0.05) is 79.7 Å². The van der Waals surface area contributed by atoms with Crippen LogP contribution < -0.4 is 43.0 Å². The predicted molar refractivity (Wildman–Crippen MR) is 221 cm³/mol. The van der Waals surface area contributed by atoms with Gasteiger partial charge in [0.1, 0.15) is 0 Å². The van der Waals surface area contributed by atoms with Crippen molar-refractivity contribution >= 4 is 52.7 Å². The molecule has 0 bridgehead atoms. The molecule has 0 saturated carbocycles. The second-order valence-electron chi connectivity index (χ2n) is 14.5. The first kappa shape index (κ1) is 50.9. The summed E-state index contributed by atoms with van der Waals surface area (Å²) in [5, 5.41) is 35.6. The van der Waals surface area contributed by atoms with Crippen LogP contribution in [0.15, 0.2) is 92.5 Å². The minimum absolute atomic E-state index is 0.249. The lowest BCUT2D eigenvalue weighted by Gasteiger charge is -2.33. The second-order valence-corrected chi connectivity index (χ2v) is 18.3. The summed E-state index contributed by atoms with van der Waals surface area (Å²) in [7, 11) is -3.07. The topological polar surface area (TPSA) is 281 Å². The third-order valence-corrected chi connectivity index (χ3v) is 11.9. The molecule has 0 aliphatic carbocycles. The minimum Gasteiger partial charge on any atom is -0.481 e. The standard InChI is InChI=1S/C20H16N4O4Si.4C5H10O2/c25-17-5-1-13(9-21-17)29(14-2-6-18(26)22-10-14,15-3-7-19(27)23-11-15)16-4-8-20(28)24-12-16;4*1-4(2)3-5(6)7/h1-12H,(H,21,25)(H,22,26)(H,23,27)(H,24,28);4*4H,3H2,1-2H3,(H,6,7). The lowest BCUT2D eigenvalue weighted by Crippen LogP contribution is -2.75. The number of hydrogen-bond donors (Lipinski definition) is 8. The van der Waals surface area contributed by atoms with Crippen LogP contribution in [0.2, 0.25) is 0 Å². The molecule has 16 nitrogen and oxygen atoms in total. The SMILES string of the molecule is CC(C)CC(=O)O.CC(C)CC(=O)O.CC(C)CC(=O)O.CC(C)CC(=O)O.O=c1ccc([Si](c2ccc(=O)[nH]c2)(c2ccc(=O)[nH]c2)c2ccc(=O)[nH]c2)c[nH]1. The van der Waals surface area contributed by atoms with Crippen LogP contribution in [0, 0.1) is 23.7 Å². The molecule has 0 spiro atoms. The van der Waals surface area contributed by atoms with Gasteiger partial charge in [-0.3, -0.25) is 38.4 Å². The Balaban J connectivity index is 0.000000909. The number of carboxylic acids is 4. The number of rotatable bonds is 12. The zero-order chi connectivity index (χ0) is 43.9. The molecule has 57 heavy (non-hydrogen) atoms. The molecule has 8 N–H and O–H groups in total. The molecule has 0 aliphatic rings. The number of pyridine rings is 4. The maximum absolute atomic E-state index is 11.7. The first-order chi connectivity index (χ1) is 26.5. The van der Waals surface area contributed by atoms with Gasteiger partial charge in [-0.05, 0) is 44.4 Å². The smallest absolute Gasteiger partial charge is 0.303 e. The van der Waals surface area contributed by atoms with Crippen LogP contribution in [-0.4, -0.2) is 72.3 Å². The van der Waals surface area contributed by atoms with Crippen molar-refractivity contribution in [3.8, 4) is 0 Å². The van der Waals surface area contributed by atoms with Crippen LogP contribution in [0.1, 0.15) is 81.1 Å². The number of aliphatic carboxylic acids is 4. The maximum atomic E-state index is 11.7. The van der Waals surface area contributed by atoms with E-state index in [2.05, 4.69) is 19.9 Å². The summed E-state index contributed by atoms with van der Waals surface area (Å²) < 4.78 is 0. The third-order valence-electron chi connectivity index (χ3n) is 7.20. The molecule has 0 fully saturated rings. The minimum atomic E-state index is -3.07. The molecule has 0 aliphatic heterocycles. The van der Waals surface area contributed by atoms with Gasteiger partial charge >= 0.3 is 23.9 Å². The molecule has 0 saturated heterocycles. The van der Waals surface area contributed by atoms with Crippen molar-refractivity contribution in [1.29, 1.82) is 0 Å². The first-order valence-electron chi connectivity index (χ1n) is 18.1. The second kappa shape index (κ2) is 25.9. The third kappa shape index (κ3) is 21.0. The van der Waals surface area contributed by atoms with E-state index in [0.717, 1.165) is 20.7 Å². The van der Waals surface area contributed by atoms with Gasteiger partial charge in [0.15, 0.2) is 8.07 Å². The van der Waals surface area contributed by atoms with E-state index in [1.54, 1.807) is 49.1 Å². The predicted octanol–water partition coefficient (Wildman–Crippen LogP) is 2.29. The van der Waals surface area contributed by atoms with E-state index >= 15 is 0 Å². The summed E-state index contributed by atoms with van der Waals surface area (Å²) in [6, 6.07) is 12.6. The largest absolute Gasteiger partial charge is 0.481 e. The summed E-state index contributed by atoms with van der Waals surface area (Å²) in [4.78, 5) is 96.9. The van der Waals surface area contributed by atoms with Gasteiger partial charge in [0.05, 0.1) is 0 Å². The van der Waals surface area contributed by atoms with E-state index in [-0.39, 0.29) is 71.6 Å². The zero-order valence-corrected chi connectivity index (χ0v) is 34.6. The Hall–Kier alpha value is -6.10. The van der Waals surface area contributed by atoms with Crippen LogP contribution >= 0.6 is 0 Å². The molecular formula is C40H56N4O12Si. The summed E-state index contributed by atoms with van der Waals surface area (Å²) in [5.74, 6) is -1.75. The molecule has 0 unspecified atom stereocenters. The van der Waals surface area contributed by atoms with Crippen LogP contribution in [0.5, 0.6) is 0 Å². The van der Waals surface area contributed by atoms with Gasteiger partial charge in [0, 0.05) is 74.7 Å². The Labute approximate surface area is 331 Å². The highest BCUT2D eigenvalue weighted by Crippen LogP contribution is 2.05. The van der Waals surface area contributed by atoms with E-state index in [0.29, 0.717) is 0 Å². The van der Waals surface area contributed by atoms with Gasteiger partial charge in [0.25, 0.3) is 0 Å². The maximum Gasteiger partial charge on any atom is 0.303 e. The normalized spacial score (nSPS) is 10.5. The molecule has 0 amide bonds. The fourth-order valence-corrected chi connectivity index (χ4v) is 9.46. The molecule has 4 aromatic heterocycles. The van der Waals surface area contributed by atoms with Crippen molar-refractivity contribution in [2.75, 3.05) is 0 Å². The quantitative estimate of drug-likeness (QED) is 0.0957. The van der Waals surface area contributed by atoms with Crippen LogP contribution in [0.3, 0.4) is 0 Å². The number of carbonyl (C=O) groups is 4. The summed E-state index contributed by atoms with van der Waals surface area (Å²) >= 11 is 0. The zero-order valence-electron chi connectivity index (χ0n) is 33.6. The Kier molecular flexibility index (Phi) is 23.1. The van der Waals surface area contributed by atoms with Gasteiger partial charge in [-0.25, -0.2) is 0 Å². The number of H-pyrrole nitrogens is 4. The monoisotopic (exact) mass is 812 g/mol. The van der Waals surface area contributed by atoms with E-state index in [1.807, 2.05) is 55.4 Å². The summed E-state index contributed by atoms with van der Waals surface area (Å²) in [6.07, 6.45) is 7.65. The molecule has 312 valence electrons.